The van der Waals surface area contributed by atoms with Gasteiger partial charge in [0.25, 0.3) is 0 Å². The van der Waals surface area contributed by atoms with Crippen LogP contribution >= 0.6 is 11.6 Å². The Balaban J connectivity index is 2.01. The maximum atomic E-state index is 11.6. The Hall–Kier alpha value is -2.27. The summed E-state index contributed by atoms with van der Waals surface area (Å²) in [5.41, 5.74) is 1.12. The van der Waals surface area contributed by atoms with E-state index in [-0.39, 0.29) is 10.8 Å². The zero-order valence-corrected chi connectivity index (χ0v) is 9.98. The van der Waals surface area contributed by atoms with Gasteiger partial charge < -0.3 is 15.7 Å². The fourth-order valence-corrected chi connectivity index (χ4v) is 1.49. The molecule has 1 aromatic heterocycles. The van der Waals surface area contributed by atoms with Crippen molar-refractivity contribution in [1.82, 2.24) is 4.98 Å². The molecule has 0 spiro atoms. The quantitative estimate of drug-likeness (QED) is 0.729. The van der Waals surface area contributed by atoms with E-state index in [2.05, 4.69) is 15.6 Å². The first-order valence-corrected chi connectivity index (χ1v) is 5.49. The largest absolute Gasteiger partial charge is 0.506 e. The second-order valence-electron chi connectivity index (χ2n) is 3.48. The van der Waals surface area contributed by atoms with Crippen LogP contribution in [-0.2, 0) is 0 Å². The van der Waals surface area contributed by atoms with E-state index < -0.39 is 6.03 Å². The Labute approximate surface area is 108 Å². The van der Waals surface area contributed by atoms with E-state index in [1.165, 1.54) is 12.1 Å². The van der Waals surface area contributed by atoms with Crippen molar-refractivity contribution in [2.45, 2.75) is 0 Å². The SMILES string of the molecule is O=C(Nc1ccncc1)Nc1ccc(O)c(Cl)c1. The van der Waals surface area contributed by atoms with Gasteiger partial charge in [-0.25, -0.2) is 4.79 Å². The number of amides is 2. The van der Waals surface area contributed by atoms with Gasteiger partial charge in [0.05, 0.1) is 5.02 Å². The Morgan fingerprint density at radius 2 is 1.78 bits per heavy atom. The highest BCUT2D eigenvalue weighted by Gasteiger charge is 2.04. The molecule has 5 nitrogen and oxygen atoms in total. The van der Waals surface area contributed by atoms with Crippen LogP contribution in [0.3, 0.4) is 0 Å². The molecule has 0 aliphatic heterocycles. The van der Waals surface area contributed by atoms with Crippen LogP contribution in [0.1, 0.15) is 0 Å². The lowest BCUT2D eigenvalue weighted by Crippen LogP contribution is -2.19. The number of nitrogens with zero attached hydrogens (tertiary/aromatic N) is 1. The summed E-state index contributed by atoms with van der Waals surface area (Å²) < 4.78 is 0. The molecule has 0 fully saturated rings. The van der Waals surface area contributed by atoms with Crippen LogP contribution in [0.5, 0.6) is 5.75 Å². The normalized spacial score (nSPS) is 9.83. The molecule has 1 aromatic carbocycles. The molecule has 0 saturated heterocycles. The minimum Gasteiger partial charge on any atom is -0.506 e. The third-order valence-electron chi connectivity index (χ3n) is 2.14. The molecule has 92 valence electrons. The Bertz CT molecular complexity index is 561. The van der Waals surface area contributed by atoms with Crippen LogP contribution in [0.25, 0.3) is 0 Å². The minimum absolute atomic E-state index is 0.0308. The first-order chi connectivity index (χ1) is 8.65. The number of carbonyl (C=O) groups is 1. The summed E-state index contributed by atoms with van der Waals surface area (Å²) in [7, 11) is 0. The van der Waals surface area contributed by atoms with Gasteiger partial charge in [0, 0.05) is 23.8 Å². The van der Waals surface area contributed by atoms with Gasteiger partial charge in [0.2, 0.25) is 0 Å². The van der Waals surface area contributed by atoms with E-state index in [1.54, 1.807) is 30.6 Å². The number of phenols is 1. The molecule has 0 aliphatic carbocycles. The molecule has 1 heterocycles. The monoisotopic (exact) mass is 263 g/mol. The van der Waals surface area contributed by atoms with E-state index in [4.69, 9.17) is 11.6 Å². The third-order valence-corrected chi connectivity index (χ3v) is 2.45. The van der Waals surface area contributed by atoms with Gasteiger partial charge in [-0.05, 0) is 30.3 Å². The van der Waals surface area contributed by atoms with E-state index >= 15 is 0 Å². The number of halogens is 1. The Morgan fingerprint density at radius 1 is 1.11 bits per heavy atom. The summed E-state index contributed by atoms with van der Waals surface area (Å²) in [4.78, 5) is 15.5. The highest BCUT2D eigenvalue weighted by Crippen LogP contribution is 2.26. The highest BCUT2D eigenvalue weighted by atomic mass is 35.5. The maximum Gasteiger partial charge on any atom is 0.323 e. The number of hydrogen-bond donors (Lipinski definition) is 3. The smallest absolute Gasteiger partial charge is 0.323 e. The standard InChI is InChI=1S/C12H10ClN3O2/c13-10-7-9(1-2-11(10)17)16-12(18)15-8-3-5-14-6-4-8/h1-7,17H,(H2,14,15,16,18). The topological polar surface area (TPSA) is 74.2 Å². The van der Waals surface area contributed by atoms with Crippen molar-refractivity contribution in [2.75, 3.05) is 10.6 Å². The number of anilines is 2. The molecule has 0 unspecified atom stereocenters. The molecule has 3 N–H and O–H groups in total. The number of carbonyl (C=O) groups excluding carboxylic acids is 1. The molecule has 0 radical (unpaired) electrons. The van der Waals surface area contributed by atoms with Crippen molar-refractivity contribution in [3.05, 3.63) is 47.7 Å². The first kappa shape index (κ1) is 12.2. The lowest BCUT2D eigenvalue weighted by molar-refractivity contribution is 0.262. The lowest BCUT2D eigenvalue weighted by atomic mass is 10.3. The van der Waals surface area contributed by atoms with Crippen molar-refractivity contribution in [3.63, 3.8) is 0 Å². The van der Waals surface area contributed by atoms with Gasteiger partial charge in [-0.15, -0.1) is 0 Å². The van der Waals surface area contributed by atoms with Gasteiger partial charge in [0.15, 0.2) is 0 Å². The molecule has 0 saturated carbocycles. The predicted octanol–water partition coefficient (Wildman–Crippen LogP) is 3.08. The number of pyridine rings is 1. The van der Waals surface area contributed by atoms with Crippen molar-refractivity contribution in [3.8, 4) is 5.75 Å². The van der Waals surface area contributed by atoms with Crippen LogP contribution in [0, 0.1) is 0 Å². The number of aromatic hydroxyl groups is 1. The van der Waals surface area contributed by atoms with Crippen molar-refractivity contribution in [1.29, 1.82) is 0 Å². The second kappa shape index (κ2) is 5.37. The summed E-state index contributed by atoms with van der Waals surface area (Å²) in [6.07, 6.45) is 3.15. The number of rotatable bonds is 2. The molecule has 2 rings (SSSR count). The summed E-state index contributed by atoms with van der Waals surface area (Å²) in [5, 5.41) is 14.6. The molecule has 0 aliphatic rings. The fourth-order valence-electron chi connectivity index (χ4n) is 1.31. The van der Waals surface area contributed by atoms with Crippen LogP contribution in [0.15, 0.2) is 42.7 Å². The van der Waals surface area contributed by atoms with Gasteiger partial charge in [-0.3, -0.25) is 4.98 Å². The van der Waals surface area contributed by atoms with Gasteiger partial charge in [-0.1, -0.05) is 11.6 Å². The highest BCUT2D eigenvalue weighted by molar-refractivity contribution is 6.32. The first-order valence-electron chi connectivity index (χ1n) is 5.12. The lowest BCUT2D eigenvalue weighted by Gasteiger charge is -2.08. The molecule has 0 atom stereocenters. The number of hydrogen-bond acceptors (Lipinski definition) is 3. The molecule has 0 bridgehead atoms. The second-order valence-corrected chi connectivity index (χ2v) is 3.89. The fraction of sp³-hybridized carbons (Fsp3) is 0. The Kier molecular flexibility index (Phi) is 3.64. The van der Waals surface area contributed by atoms with Crippen LogP contribution < -0.4 is 10.6 Å². The van der Waals surface area contributed by atoms with E-state index in [1.807, 2.05) is 0 Å². The predicted molar refractivity (Wildman–Crippen MR) is 70.0 cm³/mol. The van der Waals surface area contributed by atoms with Gasteiger partial charge >= 0.3 is 6.03 Å². The third kappa shape index (κ3) is 3.11. The van der Waals surface area contributed by atoms with Gasteiger partial charge in [-0.2, -0.15) is 0 Å². The zero-order valence-electron chi connectivity index (χ0n) is 9.22. The van der Waals surface area contributed by atoms with E-state index in [0.717, 1.165) is 0 Å². The molecule has 6 heteroatoms. The van der Waals surface area contributed by atoms with E-state index in [9.17, 15) is 9.90 Å². The molecular weight excluding hydrogens is 254 g/mol. The van der Waals surface area contributed by atoms with Gasteiger partial charge in [0.1, 0.15) is 5.75 Å². The molecule has 2 aromatic rings. The average molecular weight is 264 g/mol. The molecule has 18 heavy (non-hydrogen) atoms. The number of phenolic OH excluding ortho intramolecular Hbond substituents is 1. The summed E-state index contributed by atoms with van der Waals surface area (Å²) >= 11 is 5.73. The van der Waals surface area contributed by atoms with Crippen LogP contribution in [0.2, 0.25) is 5.02 Å². The Morgan fingerprint density at radius 3 is 2.44 bits per heavy atom. The van der Waals surface area contributed by atoms with E-state index in [0.29, 0.717) is 11.4 Å². The number of benzene rings is 1. The minimum atomic E-state index is -0.400. The maximum absolute atomic E-state index is 11.6. The summed E-state index contributed by atoms with van der Waals surface area (Å²) in [5.74, 6) is -0.0308. The average Bonchev–Trinajstić information content (AvgIpc) is 2.35. The summed E-state index contributed by atoms with van der Waals surface area (Å²) in [6.45, 7) is 0. The van der Waals surface area contributed by atoms with Crippen molar-refractivity contribution < 1.29 is 9.90 Å². The molecule has 2 amide bonds. The molecular formula is C12H10ClN3O2. The number of nitrogens with one attached hydrogen (secondary N) is 2. The zero-order chi connectivity index (χ0) is 13.0. The van der Waals surface area contributed by atoms with Crippen molar-refractivity contribution in [2.24, 2.45) is 0 Å². The van der Waals surface area contributed by atoms with Crippen molar-refractivity contribution >= 4 is 29.0 Å². The number of urea groups is 1. The van der Waals surface area contributed by atoms with Crippen LogP contribution in [0.4, 0.5) is 16.2 Å². The van der Waals surface area contributed by atoms with Crippen LogP contribution in [-0.4, -0.2) is 16.1 Å². The number of aromatic nitrogens is 1. The summed E-state index contributed by atoms with van der Waals surface area (Å²) in [6, 6.07) is 7.36.